The lowest BCUT2D eigenvalue weighted by Gasteiger charge is -2.34. The second-order valence-electron chi connectivity index (χ2n) is 4.68. The number of aromatic nitrogens is 1. The Balaban J connectivity index is 2.06. The minimum atomic E-state index is -4.41. The molecule has 3 nitrogen and oxygen atoms in total. The third kappa shape index (κ3) is 3.13. The molecule has 0 spiro atoms. The summed E-state index contributed by atoms with van der Waals surface area (Å²) in [5.41, 5.74) is -1.22. The van der Waals surface area contributed by atoms with Crippen LogP contribution in [0.3, 0.4) is 0 Å². The number of hydrogen-bond donors (Lipinski definition) is 1. The van der Waals surface area contributed by atoms with E-state index in [-0.39, 0.29) is 5.60 Å². The Morgan fingerprint density at radius 2 is 1.94 bits per heavy atom. The quantitative estimate of drug-likeness (QED) is 0.887. The van der Waals surface area contributed by atoms with Gasteiger partial charge in [0.25, 0.3) is 0 Å². The Morgan fingerprint density at radius 1 is 1.28 bits per heavy atom. The molecule has 1 aliphatic rings. The normalized spacial score (nSPS) is 19.6. The van der Waals surface area contributed by atoms with E-state index in [0.29, 0.717) is 5.75 Å². The van der Waals surface area contributed by atoms with Gasteiger partial charge in [0.15, 0.2) is 0 Å². The van der Waals surface area contributed by atoms with Gasteiger partial charge in [-0.3, -0.25) is 0 Å². The van der Waals surface area contributed by atoms with Crippen LogP contribution < -0.4 is 10.1 Å². The maximum Gasteiger partial charge on any atom is 0.433 e. The van der Waals surface area contributed by atoms with Crippen molar-refractivity contribution in [3.63, 3.8) is 0 Å². The first kappa shape index (κ1) is 13.1. The molecule has 0 radical (unpaired) electrons. The average molecular weight is 260 g/mol. The molecular formula is C12H15F3N2O. The maximum atomic E-state index is 12.3. The Labute approximate surface area is 103 Å². The molecule has 0 amide bonds. The maximum absolute atomic E-state index is 12.3. The van der Waals surface area contributed by atoms with Crippen molar-refractivity contribution in [2.45, 2.75) is 31.5 Å². The fraction of sp³-hybridized carbons (Fsp3) is 0.583. The lowest BCUT2D eigenvalue weighted by molar-refractivity contribution is -0.141. The monoisotopic (exact) mass is 260 g/mol. The summed E-state index contributed by atoms with van der Waals surface area (Å²) in [4.78, 5) is 3.38. The molecule has 1 aliphatic heterocycles. The Bertz CT molecular complexity index is 397. The highest BCUT2D eigenvalue weighted by Gasteiger charge is 2.33. The van der Waals surface area contributed by atoms with Crippen LogP contribution in [0.1, 0.15) is 25.5 Å². The molecule has 100 valence electrons. The van der Waals surface area contributed by atoms with E-state index < -0.39 is 11.9 Å². The van der Waals surface area contributed by atoms with Crippen LogP contribution in [0.25, 0.3) is 0 Å². The zero-order valence-corrected chi connectivity index (χ0v) is 10.0. The van der Waals surface area contributed by atoms with Crippen molar-refractivity contribution in [3.05, 3.63) is 24.0 Å². The predicted molar refractivity (Wildman–Crippen MR) is 60.4 cm³/mol. The summed E-state index contributed by atoms with van der Waals surface area (Å²) in [5.74, 6) is 0.382. The molecule has 0 aromatic carbocycles. The van der Waals surface area contributed by atoms with Gasteiger partial charge in [-0.15, -0.1) is 0 Å². The fourth-order valence-electron chi connectivity index (χ4n) is 1.95. The molecule has 1 aromatic rings. The SMILES string of the molecule is CC1(Oc2ccc(C(F)(F)F)nc2)CCNCC1. The van der Waals surface area contributed by atoms with Crippen molar-refractivity contribution in [2.24, 2.45) is 0 Å². The number of ether oxygens (including phenoxy) is 1. The van der Waals surface area contributed by atoms with Gasteiger partial charge < -0.3 is 10.1 Å². The molecule has 1 fully saturated rings. The molecule has 0 atom stereocenters. The van der Waals surface area contributed by atoms with Crippen LogP contribution >= 0.6 is 0 Å². The molecule has 1 N–H and O–H groups in total. The second-order valence-corrected chi connectivity index (χ2v) is 4.68. The molecule has 0 aliphatic carbocycles. The standard InChI is InChI=1S/C12H15F3N2O/c1-11(4-6-16-7-5-11)18-9-2-3-10(17-8-9)12(13,14)15/h2-3,8,16H,4-7H2,1H3. The van der Waals surface area contributed by atoms with Gasteiger partial charge >= 0.3 is 6.18 Å². The summed E-state index contributed by atoms with van der Waals surface area (Å²) in [5, 5.41) is 3.21. The van der Waals surface area contributed by atoms with E-state index in [9.17, 15) is 13.2 Å². The van der Waals surface area contributed by atoms with Gasteiger partial charge in [-0.2, -0.15) is 13.2 Å². The Kier molecular flexibility index (Phi) is 3.47. The van der Waals surface area contributed by atoms with Crippen LogP contribution in [0.5, 0.6) is 5.75 Å². The number of halogens is 3. The van der Waals surface area contributed by atoms with Crippen molar-refractivity contribution >= 4 is 0 Å². The van der Waals surface area contributed by atoms with Crippen LogP contribution in [0.4, 0.5) is 13.2 Å². The van der Waals surface area contributed by atoms with E-state index in [1.54, 1.807) is 0 Å². The summed E-state index contributed by atoms with van der Waals surface area (Å²) < 4.78 is 42.8. The number of pyridine rings is 1. The largest absolute Gasteiger partial charge is 0.486 e. The van der Waals surface area contributed by atoms with Crippen LogP contribution in [-0.2, 0) is 6.18 Å². The van der Waals surface area contributed by atoms with Crippen molar-refractivity contribution in [2.75, 3.05) is 13.1 Å². The van der Waals surface area contributed by atoms with Crippen molar-refractivity contribution < 1.29 is 17.9 Å². The van der Waals surface area contributed by atoms with Gasteiger partial charge in [0.2, 0.25) is 0 Å². The number of hydrogen-bond acceptors (Lipinski definition) is 3. The molecular weight excluding hydrogens is 245 g/mol. The molecule has 0 bridgehead atoms. The van der Waals surface area contributed by atoms with E-state index in [1.165, 1.54) is 6.07 Å². The highest BCUT2D eigenvalue weighted by molar-refractivity contribution is 5.22. The van der Waals surface area contributed by atoms with E-state index in [0.717, 1.165) is 38.2 Å². The third-order valence-electron chi connectivity index (χ3n) is 3.05. The molecule has 18 heavy (non-hydrogen) atoms. The third-order valence-corrected chi connectivity index (χ3v) is 3.05. The zero-order valence-electron chi connectivity index (χ0n) is 10.0. The molecule has 2 rings (SSSR count). The second kappa shape index (κ2) is 4.76. The molecule has 2 heterocycles. The topological polar surface area (TPSA) is 34.1 Å². The first-order valence-electron chi connectivity index (χ1n) is 5.82. The highest BCUT2D eigenvalue weighted by Crippen LogP contribution is 2.30. The van der Waals surface area contributed by atoms with Crippen LogP contribution in [0, 0.1) is 0 Å². The summed E-state index contributed by atoms with van der Waals surface area (Å²) in [6.07, 6.45) is -1.62. The Morgan fingerprint density at radius 3 is 2.44 bits per heavy atom. The van der Waals surface area contributed by atoms with Gasteiger partial charge in [-0.25, -0.2) is 4.98 Å². The average Bonchev–Trinajstić information content (AvgIpc) is 2.29. The van der Waals surface area contributed by atoms with Crippen molar-refractivity contribution in [3.8, 4) is 5.75 Å². The van der Waals surface area contributed by atoms with Gasteiger partial charge in [-0.1, -0.05) is 0 Å². The molecule has 0 unspecified atom stereocenters. The molecule has 0 saturated carbocycles. The van der Waals surface area contributed by atoms with E-state index >= 15 is 0 Å². The summed E-state index contributed by atoms with van der Waals surface area (Å²) >= 11 is 0. The van der Waals surface area contributed by atoms with Gasteiger partial charge in [0, 0.05) is 0 Å². The lowest BCUT2D eigenvalue weighted by Crippen LogP contribution is -2.43. The number of piperidine rings is 1. The van der Waals surface area contributed by atoms with E-state index in [2.05, 4.69) is 10.3 Å². The first-order chi connectivity index (χ1) is 8.39. The van der Waals surface area contributed by atoms with Crippen molar-refractivity contribution in [1.82, 2.24) is 10.3 Å². The van der Waals surface area contributed by atoms with E-state index in [1.807, 2.05) is 6.92 Å². The first-order valence-corrected chi connectivity index (χ1v) is 5.82. The smallest absolute Gasteiger partial charge is 0.433 e. The van der Waals surface area contributed by atoms with Crippen LogP contribution in [0.15, 0.2) is 18.3 Å². The van der Waals surface area contributed by atoms with Gasteiger partial charge in [0.05, 0.1) is 6.20 Å². The number of nitrogens with zero attached hydrogens (tertiary/aromatic N) is 1. The van der Waals surface area contributed by atoms with Crippen LogP contribution in [0.2, 0.25) is 0 Å². The zero-order chi connectivity index (χ0) is 13.2. The fourth-order valence-corrected chi connectivity index (χ4v) is 1.95. The summed E-state index contributed by atoms with van der Waals surface area (Å²) in [6.45, 7) is 3.67. The molecule has 1 aromatic heterocycles. The van der Waals surface area contributed by atoms with Gasteiger partial charge in [-0.05, 0) is 45.0 Å². The predicted octanol–water partition coefficient (Wildman–Crippen LogP) is 2.62. The number of alkyl halides is 3. The minimum Gasteiger partial charge on any atom is -0.486 e. The van der Waals surface area contributed by atoms with Crippen LogP contribution in [-0.4, -0.2) is 23.7 Å². The van der Waals surface area contributed by atoms with Crippen molar-refractivity contribution in [1.29, 1.82) is 0 Å². The number of nitrogens with one attached hydrogen (secondary N) is 1. The summed E-state index contributed by atoms with van der Waals surface area (Å²) in [6, 6.07) is 2.27. The highest BCUT2D eigenvalue weighted by atomic mass is 19.4. The molecule has 1 saturated heterocycles. The number of rotatable bonds is 2. The summed E-state index contributed by atoms with van der Waals surface area (Å²) in [7, 11) is 0. The van der Waals surface area contributed by atoms with Gasteiger partial charge in [0.1, 0.15) is 17.0 Å². The minimum absolute atomic E-state index is 0.327. The Hall–Kier alpha value is -1.30. The molecule has 6 heteroatoms. The van der Waals surface area contributed by atoms with E-state index in [4.69, 9.17) is 4.74 Å². The lowest BCUT2D eigenvalue weighted by atomic mass is 9.94.